The molecule has 3 aromatic rings. The number of nitrogens with one attached hydrogen (secondary N) is 1. The van der Waals surface area contributed by atoms with E-state index in [1.54, 1.807) is 0 Å². The number of nitrogen functional groups attached to an aromatic ring is 1. The highest BCUT2D eigenvalue weighted by molar-refractivity contribution is 5.99. The standard InChI is InChI=1S/C16H15N3O.C2H6/c1-2-15(20)11-5-8-13-14(9-11)19-16(18-13)10-3-6-12(17)7-4-10;1-2/h3-9H,2,17H2,1H3,(H,18,19);1-2H3. The van der Waals surface area contributed by atoms with Gasteiger partial charge in [-0.15, -0.1) is 0 Å². The van der Waals surface area contributed by atoms with Gasteiger partial charge in [0.1, 0.15) is 5.82 Å². The van der Waals surface area contributed by atoms with Crippen molar-refractivity contribution in [1.29, 1.82) is 0 Å². The summed E-state index contributed by atoms with van der Waals surface area (Å²) in [5.41, 5.74) is 9.81. The van der Waals surface area contributed by atoms with Crippen LogP contribution in [0.1, 0.15) is 37.6 Å². The fourth-order valence-electron chi connectivity index (χ4n) is 2.16. The van der Waals surface area contributed by atoms with Crippen molar-refractivity contribution >= 4 is 22.5 Å². The normalized spacial score (nSPS) is 10.1. The zero-order valence-electron chi connectivity index (χ0n) is 13.2. The largest absolute Gasteiger partial charge is 0.399 e. The molecule has 3 rings (SSSR count). The summed E-state index contributed by atoms with van der Waals surface area (Å²) in [6.07, 6.45) is 0.504. The van der Waals surface area contributed by atoms with Crippen molar-refractivity contribution in [3.8, 4) is 11.4 Å². The van der Waals surface area contributed by atoms with Crippen molar-refractivity contribution in [1.82, 2.24) is 9.97 Å². The lowest BCUT2D eigenvalue weighted by Crippen LogP contribution is -1.95. The van der Waals surface area contributed by atoms with E-state index < -0.39 is 0 Å². The van der Waals surface area contributed by atoms with Crippen LogP contribution in [0.4, 0.5) is 5.69 Å². The van der Waals surface area contributed by atoms with Gasteiger partial charge in [0.05, 0.1) is 11.0 Å². The van der Waals surface area contributed by atoms with Crippen LogP contribution in [0.15, 0.2) is 42.5 Å². The van der Waals surface area contributed by atoms with Crippen LogP contribution in [0.3, 0.4) is 0 Å². The summed E-state index contributed by atoms with van der Waals surface area (Å²) in [5.74, 6) is 0.914. The van der Waals surface area contributed by atoms with Crippen LogP contribution in [-0.2, 0) is 0 Å². The number of carbonyl (C=O) groups is 1. The molecule has 4 heteroatoms. The predicted octanol–water partition coefficient (Wildman–Crippen LogP) is 4.43. The molecule has 0 spiro atoms. The van der Waals surface area contributed by atoms with Crippen LogP contribution in [0.25, 0.3) is 22.4 Å². The minimum atomic E-state index is 0.135. The Hall–Kier alpha value is -2.62. The zero-order valence-corrected chi connectivity index (χ0v) is 13.2. The summed E-state index contributed by atoms with van der Waals surface area (Å²) in [4.78, 5) is 19.5. The molecule has 1 heterocycles. The van der Waals surface area contributed by atoms with Crippen molar-refractivity contribution < 1.29 is 4.79 Å². The average Bonchev–Trinajstić information content (AvgIpc) is 2.99. The topological polar surface area (TPSA) is 71.8 Å². The highest BCUT2D eigenvalue weighted by atomic mass is 16.1. The Morgan fingerprint density at radius 2 is 1.82 bits per heavy atom. The number of nitrogens with zero attached hydrogens (tertiary/aromatic N) is 1. The van der Waals surface area contributed by atoms with E-state index in [-0.39, 0.29) is 5.78 Å². The SMILES string of the molecule is CC.CCC(=O)c1ccc2nc(-c3ccc(N)cc3)[nH]c2c1. The number of benzene rings is 2. The first-order valence-corrected chi connectivity index (χ1v) is 7.56. The number of ketones is 1. The summed E-state index contributed by atoms with van der Waals surface area (Å²) in [7, 11) is 0. The molecule has 0 saturated heterocycles. The molecule has 22 heavy (non-hydrogen) atoms. The fourth-order valence-corrected chi connectivity index (χ4v) is 2.16. The molecular weight excluding hydrogens is 274 g/mol. The first kappa shape index (κ1) is 15.8. The van der Waals surface area contributed by atoms with Crippen molar-refractivity contribution in [2.24, 2.45) is 0 Å². The summed E-state index contributed by atoms with van der Waals surface area (Å²) >= 11 is 0. The van der Waals surface area contributed by atoms with Crippen LogP contribution in [-0.4, -0.2) is 15.8 Å². The molecule has 0 bridgehead atoms. The molecule has 0 amide bonds. The van der Waals surface area contributed by atoms with Gasteiger partial charge in [0.15, 0.2) is 5.78 Å². The second kappa shape index (κ2) is 6.89. The van der Waals surface area contributed by atoms with Crippen LogP contribution < -0.4 is 5.73 Å². The van der Waals surface area contributed by atoms with E-state index in [2.05, 4.69) is 9.97 Å². The molecule has 0 fully saturated rings. The van der Waals surface area contributed by atoms with E-state index in [0.29, 0.717) is 12.0 Å². The van der Waals surface area contributed by atoms with Gasteiger partial charge in [-0.3, -0.25) is 4.79 Å². The van der Waals surface area contributed by atoms with E-state index in [1.165, 1.54) is 0 Å². The third-order valence-corrected chi connectivity index (χ3v) is 3.31. The van der Waals surface area contributed by atoms with Gasteiger partial charge in [-0.1, -0.05) is 20.8 Å². The van der Waals surface area contributed by atoms with Gasteiger partial charge >= 0.3 is 0 Å². The number of nitrogens with two attached hydrogens (primary N) is 1. The Balaban J connectivity index is 0.000000847. The number of carbonyl (C=O) groups excluding carboxylic acids is 1. The Labute approximate surface area is 130 Å². The highest BCUT2D eigenvalue weighted by Gasteiger charge is 2.08. The Morgan fingerprint density at radius 1 is 1.14 bits per heavy atom. The molecule has 1 aromatic heterocycles. The van der Waals surface area contributed by atoms with Gasteiger partial charge in [-0.2, -0.15) is 0 Å². The van der Waals surface area contributed by atoms with Crippen LogP contribution in [0, 0.1) is 0 Å². The number of aromatic nitrogens is 2. The molecule has 0 atom stereocenters. The minimum absolute atomic E-state index is 0.135. The lowest BCUT2D eigenvalue weighted by Gasteiger charge is -1.97. The summed E-state index contributed by atoms with van der Waals surface area (Å²) < 4.78 is 0. The molecule has 0 aliphatic carbocycles. The lowest BCUT2D eigenvalue weighted by molar-refractivity contribution is 0.0988. The van der Waals surface area contributed by atoms with E-state index in [9.17, 15) is 4.79 Å². The third kappa shape index (κ3) is 3.17. The molecule has 0 aliphatic heterocycles. The molecule has 4 nitrogen and oxygen atoms in total. The van der Waals surface area contributed by atoms with Crippen molar-refractivity contribution in [3.63, 3.8) is 0 Å². The van der Waals surface area contributed by atoms with E-state index in [4.69, 9.17) is 5.73 Å². The number of Topliss-reactive ketones (excluding diaryl/α,β-unsaturated/α-hetero) is 1. The highest BCUT2D eigenvalue weighted by Crippen LogP contribution is 2.22. The average molecular weight is 295 g/mol. The third-order valence-electron chi connectivity index (χ3n) is 3.31. The quantitative estimate of drug-likeness (QED) is 0.554. The second-order valence-electron chi connectivity index (χ2n) is 4.72. The molecule has 3 N–H and O–H groups in total. The summed E-state index contributed by atoms with van der Waals surface area (Å²) in [6.45, 7) is 5.86. The molecule has 0 saturated carbocycles. The Morgan fingerprint density at radius 3 is 2.45 bits per heavy atom. The van der Waals surface area contributed by atoms with Crippen molar-refractivity contribution in [3.05, 3.63) is 48.0 Å². The number of fused-ring (bicyclic) bond motifs is 1. The van der Waals surface area contributed by atoms with E-state index in [0.717, 1.165) is 28.1 Å². The van der Waals surface area contributed by atoms with Crippen molar-refractivity contribution in [2.75, 3.05) is 5.73 Å². The lowest BCUT2D eigenvalue weighted by atomic mass is 10.1. The zero-order chi connectivity index (χ0) is 16.1. The number of imidazole rings is 1. The number of hydrogen-bond donors (Lipinski definition) is 2. The van der Waals surface area contributed by atoms with Gasteiger partial charge in [0.25, 0.3) is 0 Å². The number of aromatic amines is 1. The van der Waals surface area contributed by atoms with E-state index >= 15 is 0 Å². The van der Waals surface area contributed by atoms with Crippen LogP contribution in [0.2, 0.25) is 0 Å². The first-order chi connectivity index (χ1) is 10.7. The molecular formula is C18H21N3O. The maximum absolute atomic E-state index is 11.7. The number of rotatable bonds is 3. The first-order valence-electron chi connectivity index (χ1n) is 7.56. The molecule has 114 valence electrons. The van der Waals surface area contributed by atoms with E-state index in [1.807, 2.05) is 63.2 Å². The summed E-state index contributed by atoms with van der Waals surface area (Å²) in [6, 6.07) is 13.1. The smallest absolute Gasteiger partial charge is 0.162 e. The molecule has 0 radical (unpaired) electrons. The monoisotopic (exact) mass is 295 g/mol. The maximum Gasteiger partial charge on any atom is 0.162 e. The number of anilines is 1. The van der Waals surface area contributed by atoms with Gasteiger partial charge in [-0.25, -0.2) is 4.98 Å². The number of H-pyrrole nitrogens is 1. The van der Waals surface area contributed by atoms with Gasteiger partial charge in [0, 0.05) is 23.2 Å². The summed E-state index contributed by atoms with van der Waals surface area (Å²) in [5, 5.41) is 0. The Bertz CT molecular complexity index is 773. The number of hydrogen-bond acceptors (Lipinski definition) is 3. The second-order valence-corrected chi connectivity index (χ2v) is 4.72. The predicted molar refractivity (Wildman–Crippen MR) is 91.9 cm³/mol. The van der Waals surface area contributed by atoms with Gasteiger partial charge in [0.2, 0.25) is 0 Å². The van der Waals surface area contributed by atoms with Crippen LogP contribution >= 0.6 is 0 Å². The van der Waals surface area contributed by atoms with Crippen LogP contribution in [0.5, 0.6) is 0 Å². The fraction of sp³-hybridized carbons (Fsp3) is 0.222. The molecule has 0 aliphatic rings. The molecule has 0 unspecified atom stereocenters. The van der Waals surface area contributed by atoms with Gasteiger partial charge in [-0.05, 0) is 42.5 Å². The van der Waals surface area contributed by atoms with Gasteiger partial charge < -0.3 is 10.7 Å². The Kier molecular flexibility index (Phi) is 4.94. The minimum Gasteiger partial charge on any atom is -0.399 e. The van der Waals surface area contributed by atoms with Crippen molar-refractivity contribution in [2.45, 2.75) is 27.2 Å². The maximum atomic E-state index is 11.7. The molecule has 2 aromatic carbocycles.